The zero-order valence-corrected chi connectivity index (χ0v) is 20.5. The molecule has 41 heavy (non-hydrogen) atoms. The van der Waals surface area contributed by atoms with Crippen molar-refractivity contribution in [2.24, 2.45) is 0 Å². The van der Waals surface area contributed by atoms with Crippen LogP contribution in [0, 0.1) is 0 Å². The van der Waals surface area contributed by atoms with Crippen LogP contribution in [0.2, 0.25) is 0 Å². The molecule has 0 aliphatic carbocycles. The zero-order chi connectivity index (χ0) is 31.9. The summed E-state index contributed by atoms with van der Waals surface area (Å²) in [6, 6.07) is 14.5. The van der Waals surface area contributed by atoms with Crippen LogP contribution in [0.1, 0.15) is 12.0 Å². The minimum Gasteiger partial charge on any atom is -0.200 e. The predicted molar refractivity (Wildman–Crippen MR) is 113 cm³/mol. The van der Waals surface area contributed by atoms with Crippen molar-refractivity contribution in [3.8, 4) is 11.1 Å². The van der Waals surface area contributed by atoms with Crippen LogP contribution >= 0.6 is 11.8 Å². The van der Waals surface area contributed by atoms with Crippen LogP contribution in [0.5, 0.6) is 0 Å². The highest BCUT2D eigenvalue weighted by atomic mass is 32.2. The topological polar surface area (TPSA) is 0 Å². The number of alkyl halides is 17. The van der Waals surface area contributed by atoms with Gasteiger partial charge in [-0.15, -0.1) is 0 Å². The normalized spacial score (nSPS) is 14.9. The van der Waals surface area contributed by atoms with Crippen molar-refractivity contribution in [3.05, 3.63) is 60.2 Å². The molecule has 0 aromatic heterocycles. The molecule has 2 aromatic carbocycles. The van der Waals surface area contributed by atoms with Gasteiger partial charge < -0.3 is 0 Å². The van der Waals surface area contributed by atoms with Gasteiger partial charge in [-0.3, -0.25) is 0 Å². The van der Waals surface area contributed by atoms with E-state index in [-0.39, 0.29) is 5.75 Å². The summed E-state index contributed by atoms with van der Waals surface area (Å²) in [5.74, 6) is -57.6. The standard InChI is InChI=1S/C23H15F17S/c24-16(25,9-10-41-12-13-5-4-8-15(11-13)14-6-2-1-3-7-14)17(26,27)18(28,29)19(30,31)20(32,33)21(34,35)22(36,37)23(38,39)40/h1-8,11H,9-10,12H2. The van der Waals surface area contributed by atoms with E-state index in [1.165, 1.54) is 18.2 Å². The van der Waals surface area contributed by atoms with E-state index in [1.54, 1.807) is 36.4 Å². The Balaban J connectivity index is 2.23. The molecule has 0 heterocycles. The first-order valence-corrected chi connectivity index (χ1v) is 11.9. The number of halogens is 17. The van der Waals surface area contributed by atoms with Crippen molar-refractivity contribution in [3.63, 3.8) is 0 Å². The summed E-state index contributed by atoms with van der Waals surface area (Å²) in [5, 5.41) is 0. The fraction of sp³-hybridized carbons (Fsp3) is 0.478. The van der Waals surface area contributed by atoms with E-state index in [0.717, 1.165) is 0 Å². The van der Waals surface area contributed by atoms with Gasteiger partial charge >= 0.3 is 47.6 Å². The number of hydrogen-bond acceptors (Lipinski definition) is 1. The Morgan fingerprint density at radius 1 is 0.463 bits per heavy atom. The Kier molecular flexibility index (Phi) is 9.36. The smallest absolute Gasteiger partial charge is 0.200 e. The van der Waals surface area contributed by atoms with E-state index in [0.29, 0.717) is 28.5 Å². The average molecular weight is 646 g/mol. The molecule has 0 aliphatic heterocycles. The van der Waals surface area contributed by atoms with Gasteiger partial charge in [0.2, 0.25) is 0 Å². The third kappa shape index (κ3) is 5.81. The Morgan fingerprint density at radius 2 is 0.902 bits per heavy atom. The fourth-order valence-electron chi connectivity index (χ4n) is 3.22. The lowest BCUT2D eigenvalue weighted by Crippen LogP contribution is -2.74. The van der Waals surface area contributed by atoms with Crippen LogP contribution in [0.15, 0.2) is 54.6 Å². The van der Waals surface area contributed by atoms with Crippen LogP contribution in [0.3, 0.4) is 0 Å². The second-order valence-electron chi connectivity index (χ2n) is 8.52. The van der Waals surface area contributed by atoms with Crippen LogP contribution in [0.4, 0.5) is 74.6 Å². The molecule has 0 aliphatic rings. The first-order chi connectivity index (χ1) is 18.3. The van der Waals surface area contributed by atoms with Crippen LogP contribution in [0.25, 0.3) is 11.1 Å². The number of benzene rings is 2. The van der Waals surface area contributed by atoms with Crippen molar-refractivity contribution in [1.82, 2.24) is 0 Å². The Hall–Kier alpha value is -2.40. The molecule has 2 aromatic rings. The average Bonchev–Trinajstić information content (AvgIpc) is 2.86. The van der Waals surface area contributed by atoms with Gasteiger partial charge in [-0.25, -0.2) is 0 Å². The quantitative estimate of drug-likeness (QED) is 0.164. The highest BCUT2D eigenvalue weighted by Crippen LogP contribution is 2.64. The summed E-state index contributed by atoms with van der Waals surface area (Å²) in [7, 11) is 0. The molecule has 0 N–H and O–H groups in total. The van der Waals surface area contributed by atoms with Gasteiger partial charge in [0.1, 0.15) is 0 Å². The lowest BCUT2D eigenvalue weighted by molar-refractivity contribution is -0.461. The molecule has 0 saturated carbocycles. The van der Waals surface area contributed by atoms with Crippen molar-refractivity contribution in [2.75, 3.05) is 5.75 Å². The Bertz CT molecular complexity index is 1170. The van der Waals surface area contributed by atoms with Crippen molar-refractivity contribution in [1.29, 1.82) is 0 Å². The van der Waals surface area contributed by atoms with Gasteiger partial charge in [-0.1, -0.05) is 54.6 Å². The van der Waals surface area contributed by atoms with E-state index in [1.807, 2.05) is 0 Å². The van der Waals surface area contributed by atoms with Gasteiger partial charge in [0, 0.05) is 12.2 Å². The molecule has 2 rings (SSSR count). The number of rotatable bonds is 12. The molecular weight excluding hydrogens is 631 g/mol. The maximum Gasteiger partial charge on any atom is 0.460 e. The van der Waals surface area contributed by atoms with Gasteiger partial charge in [0.15, 0.2) is 0 Å². The molecular formula is C23H15F17S. The molecule has 0 amide bonds. The molecule has 0 unspecified atom stereocenters. The summed E-state index contributed by atoms with van der Waals surface area (Å²) in [6.07, 6.45) is -10.2. The van der Waals surface area contributed by atoms with E-state index < -0.39 is 59.8 Å². The zero-order valence-electron chi connectivity index (χ0n) is 19.7. The van der Waals surface area contributed by atoms with Crippen LogP contribution in [-0.4, -0.2) is 53.4 Å². The molecule has 0 saturated heterocycles. The van der Waals surface area contributed by atoms with Crippen molar-refractivity contribution in [2.45, 2.75) is 59.8 Å². The van der Waals surface area contributed by atoms with E-state index in [2.05, 4.69) is 0 Å². The molecule has 0 atom stereocenters. The van der Waals surface area contributed by atoms with E-state index in [9.17, 15) is 74.6 Å². The van der Waals surface area contributed by atoms with E-state index in [4.69, 9.17) is 0 Å². The first-order valence-electron chi connectivity index (χ1n) is 10.7. The lowest BCUT2D eigenvalue weighted by Gasteiger charge is -2.42. The van der Waals surface area contributed by atoms with Gasteiger partial charge in [0.05, 0.1) is 0 Å². The van der Waals surface area contributed by atoms with E-state index >= 15 is 0 Å². The summed E-state index contributed by atoms with van der Waals surface area (Å²) >= 11 is 0.349. The molecule has 18 heteroatoms. The van der Waals surface area contributed by atoms with Crippen LogP contribution in [-0.2, 0) is 5.75 Å². The first kappa shape index (κ1) is 34.8. The Morgan fingerprint density at radius 3 is 1.39 bits per heavy atom. The molecule has 232 valence electrons. The molecule has 0 spiro atoms. The van der Waals surface area contributed by atoms with Crippen LogP contribution < -0.4 is 0 Å². The van der Waals surface area contributed by atoms with Crippen molar-refractivity contribution < 1.29 is 74.6 Å². The highest BCUT2D eigenvalue weighted by Gasteiger charge is 2.95. The van der Waals surface area contributed by atoms with Gasteiger partial charge in [-0.2, -0.15) is 86.4 Å². The Labute approximate surface area is 223 Å². The summed E-state index contributed by atoms with van der Waals surface area (Å²) in [4.78, 5) is 0. The van der Waals surface area contributed by atoms with Crippen molar-refractivity contribution >= 4 is 11.8 Å². The number of thioether (sulfide) groups is 1. The minimum absolute atomic E-state index is 0.258. The predicted octanol–water partition coefficient (Wildman–Crippen LogP) is 9.99. The largest absolute Gasteiger partial charge is 0.460 e. The van der Waals surface area contributed by atoms with Gasteiger partial charge in [-0.05, 0) is 22.4 Å². The summed E-state index contributed by atoms with van der Waals surface area (Å²) < 4.78 is 227. The number of hydrogen-bond donors (Lipinski definition) is 0. The summed E-state index contributed by atoms with van der Waals surface area (Å²) in [6.45, 7) is 0. The minimum atomic E-state index is -8.61. The highest BCUT2D eigenvalue weighted by molar-refractivity contribution is 7.98. The second kappa shape index (κ2) is 11.0. The maximum atomic E-state index is 14.0. The third-order valence-corrected chi connectivity index (χ3v) is 6.68. The summed E-state index contributed by atoms with van der Waals surface area (Å²) in [5.41, 5.74) is 1.68. The fourth-order valence-corrected chi connectivity index (χ4v) is 4.18. The molecule has 0 radical (unpaired) electrons. The molecule has 0 fully saturated rings. The SMILES string of the molecule is FC(F)(F)C(F)(F)C(F)(F)C(F)(F)C(F)(F)C(F)(F)C(F)(F)C(F)(F)CCSCc1cccc(-c2ccccc2)c1. The van der Waals surface area contributed by atoms with Gasteiger partial charge in [0.25, 0.3) is 0 Å². The second-order valence-corrected chi connectivity index (χ2v) is 9.62. The molecule has 0 bridgehead atoms. The maximum absolute atomic E-state index is 14.0. The third-order valence-electron chi connectivity index (χ3n) is 5.65. The monoisotopic (exact) mass is 646 g/mol. The molecule has 0 nitrogen and oxygen atoms in total. The lowest BCUT2D eigenvalue weighted by atomic mass is 9.88.